The third-order valence-corrected chi connectivity index (χ3v) is 3.40. The number of hydrogen-bond donors (Lipinski definition) is 0. The van der Waals surface area contributed by atoms with Gasteiger partial charge in [-0.15, -0.1) is 11.3 Å². The predicted octanol–water partition coefficient (Wildman–Crippen LogP) is 4.68. The van der Waals surface area contributed by atoms with E-state index in [9.17, 15) is 0 Å². The van der Waals surface area contributed by atoms with Gasteiger partial charge in [-0.2, -0.15) is 0 Å². The van der Waals surface area contributed by atoms with Crippen LogP contribution in [0.3, 0.4) is 0 Å². The number of aromatic nitrogens is 1. The molecule has 1 aromatic heterocycles. The van der Waals surface area contributed by atoms with Crippen LogP contribution in [0.4, 0.5) is 0 Å². The summed E-state index contributed by atoms with van der Waals surface area (Å²) < 4.78 is 0. The van der Waals surface area contributed by atoms with Gasteiger partial charge >= 0.3 is 0 Å². The van der Waals surface area contributed by atoms with Crippen molar-refractivity contribution in [2.24, 2.45) is 0 Å². The third kappa shape index (κ3) is 2.51. The average Bonchev–Trinajstić information content (AvgIpc) is 2.64. The lowest BCUT2D eigenvalue weighted by molar-refractivity contribution is 1.07. The topological polar surface area (TPSA) is 12.9 Å². The number of benzene rings is 1. The summed E-state index contributed by atoms with van der Waals surface area (Å²) in [7, 11) is 0. The lowest BCUT2D eigenvalue weighted by Crippen LogP contribution is -1.81. The van der Waals surface area contributed by atoms with E-state index in [1.54, 1.807) is 17.4 Å². The van der Waals surface area contributed by atoms with Crippen LogP contribution in [-0.4, -0.2) is 4.98 Å². The van der Waals surface area contributed by atoms with E-state index >= 15 is 0 Å². The van der Waals surface area contributed by atoms with E-state index in [-0.39, 0.29) is 0 Å². The van der Waals surface area contributed by atoms with Crippen molar-refractivity contribution in [1.82, 2.24) is 4.98 Å². The maximum absolute atomic E-state index is 5.93. The molecule has 0 saturated heterocycles. The maximum atomic E-state index is 5.93. The monoisotopic (exact) mass is 257 g/mol. The second-order valence-corrected chi connectivity index (χ2v) is 4.89. The highest BCUT2D eigenvalue weighted by Gasteiger charge is 2.05. The number of halogens is 2. The van der Waals surface area contributed by atoms with Crippen LogP contribution in [0, 0.1) is 0 Å². The van der Waals surface area contributed by atoms with Gasteiger partial charge in [0.25, 0.3) is 0 Å². The zero-order chi connectivity index (χ0) is 10.8. The summed E-state index contributed by atoms with van der Waals surface area (Å²) in [6, 6.07) is 5.48. The first-order valence-corrected chi connectivity index (χ1v) is 6.23. The Bertz CT molecular complexity index is 459. The number of aryl methyl sites for hydroxylation is 1. The second kappa shape index (κ2) is 4.52. The summed E-state index contributed by atoms with van der Waals surface area (Å²) in [4.78, 5) is 4.48. The normalized spacial score (nSPS) is 10.6. The highest BCUT2D eigenvalue weighted by molar-refractivity contribution is 7.13. The van der Waals surface area contributed by atoms with Crippen LogP contribution in [0.5, 0.6) is 0 Å². The molecule has 1 aromatic carbocycles. The summed E-state index contributed by atoms with van der Waals surface area (Å²) in [6.07, 6.45) is 0.949. The Morgan fingerprint density at radius 1 is 1.20 bits per heavy atom. The van der Waals surface area contributed by atoms with Crippen molar-refractivity contribution in [3.8, 4) is 10.6 Å². The van der Waals surface area contributed by atoms with Gasteiger partial charge in [0.2, 0.25) is 0 Å². The molecule has 4 heteroatoms. The Kier molecular flexibility index (Phi) is 3.29. The largest absolute Gasteiger partial charge is 0.241 e. The minimum Gasteiger partial charge on any atom is -0.241 e. The van der Waals surface area contributed by atoms with Gasteiger partial charge in [-0.25, -0.2) is 4.98 Å². The zero-order valence-corrected chi connectivity index (χ0v) is 10.5. The number of hydrogen-bond acceptors (Lipinski definition) is 2. The molecule has 0 aliphatic rings. The molecule has 0 bridgehead atoms. The Balaban J connectivity index is 2.44. The Labute approximate surface area is 103 Å². The van der Waals surface area contributed by atoms with Crippen molar-refractivity contribution in [2.75, 3.05) is 0 Å². The predicted molar refractivity (Wildman–Crippen MR) is 66.9 cm³/mol. The second-order valence-electron chi connectivity index (χ2n) is 3.16. The molecule has 2 rings (SSSR count). The quantitative estimate of drug-likeness (QED) is 0.762. The van der Waals surface area contributed by atoms with Gasteiger partial charge in [0.1, 0.15) is 5.01 Å². The summed E-state index contributed by atoms with van der Waals surface area (Å²) >= 11 is 13.5. The molecule has 0 saturated carbocycles. The average molecular weight is 258 g/mol. The molecule has 0 spiro atoms. The minimum atomic E-state index is 0.644. The Hall–Kier alpha value is -0.570. The highest BCUT2D eigenvalue weighted by atomic mass is 35.5. The molecule has 0 radical (unpaired) electrons. The molecule has 0 N–H and O–H groups in total. The van der Waals surface area contributed by atoms with Crippen LogP contribution in [-0.2, 0) is 6.42 Å². The summed E-state index contributed by atoms with van der Waals surface area (Å²) in [6.45, 7) is 2.09. The molecular weight excluding hydrogens is 249 g/mol. The van der Waals surface area contributed by atoms with Gasteiger partial charge in [0.05, 0.1) is 5.69 Å². The molecular formula is C11H9Cl2NS. The molecule has 0 fully saturated rings. The SMILES string of the molecule is CCc1csc(-c2cc(Cl)cc(Cl)c2)n1. The first-order chi connectivity index (χ1) is 7.19. The smallest absolute Gasteiger partial charge is 0.123 e. The fraction of sp³-hybridized carbons (Fsp3) is 0.182. The van der Waals surface area contributed by atoms with E-state index in [1.807, 2.05) is 12.1 Å². The molecule has 0 aliphatic carbocycles. The molecule has 0 aliphatic heterocycles. The number of thiazole rings is 1. The van der Waals surface area contributed by atoms with Crippen molar-refractivity contribution in [2.45, 2.75) is 13.3 Å². The van der Waals surface area contributed by atoms with Gasteiger partial charge in [-0.3, -0.25) is 0 Å². The molecule has 78 valence electrons. The van der Waals surface area contributed by atoms with Gasteiger partial charge in [0, 0.05) is 21.0 Å². The lowest BCUT2D eigenvalue weighted by Gasteiger charge is -1.98. The van der Waals surface area contributed by atoms with Crippen LogP contribution >= 0.6 is 34.5 Å². The van der Waals surface area contributed by atoms with Crippen molar-refractivity contribution in [1.29, 1.82) is 0 Å². The van der Waals surface area contributed by atoms with Crippen LogP contribution in [0.15, 0.2) is 23.6 Å². The Morgan fingerprint density at radius 3 is 2.40 bits per heavy atom. The van der Waals surface area contributed by atoms with Gasteiger partial charge in [-0.05, 0) is 24.6 Å². The summed E-state index contributed by atoms with van der Waals surface area (Å²) in [5.74, 6) is 0. The van der Waals surface area contributed by atoms with Crippen molar-refractivity contribution in [3.05, 3.63) is 39.3 Å². The van der Waals surface area contributed by atoms with Crippen LogP contribution < -0.4 is 0 Å². The Morgan fingerprint density at radius 2 is 1.87 bits per heavy atom. The third-order valence-electron chi connectivity index (χ3n) is 2.02. The minimum absolute atomic E-state index is 0.644. The van der Waals surface area contributed by atoms with Crippen molar-refractivity contribution in [3.63, 3.8) is 0 Å². The molecule has 1 heterocycles. The number of nitrogens with zero attached hydrogens (tertiary/aromatic N) is 1. The number of rotatable bonds is 2. The van der Waals surface area contributed by atoms with E-state index < -0.39 is 0 Å². The van der Waals surface area contributed by atoms with E-state index in [4.69, 9.17) is 23.2 Å². The molecule has 1 nitrogen and oxygen atoms in total. The first kappa shape index (κ1) is 10.9. The fourth-order valence-corrected chi connectivity index (χ4v) is 2.70. The van der Waals surface area contributed by atoms with E-state index in [2.05, 4.69) is 17.3 Å². The van der Waals surface area contributed by atoms with Crippen LogP contribution in [0.2, 0.25) is 10.0 Å². The molecule has 0 unspecified atom stereocenters. The summed E-state index contributed by atoms with van der Waals surface area (Å²) in [5.41, 5.74) is 2.09. The molecule has 0 amide bonds. The van der Waals surface area contributed by atoms with Gasteiger partial charge in [0.15, 0.2) is 0 Å². The fourth-order valence-electron chi connectivity index (χ4n) is 1.28. The molecule has 2 aromatic rings. The zero-order valence-electron chi connectivity index (χ0n) is 8.13. The van der Waals surface area contributed by atoms with Crippen molar-refractivity contribution < 1.29 is 0 Å². The molecule has 15 heavy (non-hydrogen) atoms. The van der Waals surface area contributed by atoms with Gasteiger partial charge in [-0.1, -0.05) is 30.1 Å². The van der Waals surface area contributed by atoms with Crippen LogP contribution in [0.1, 0.15) is 12.6 Å². The van der Waals surface area contributed by atoms with Crippen molar-refractivity contribution >= 4 is 34.5 Å². The maximum Gasteiger partial charge on any atom is 0.123 e. The molecule has 0 atom stereocenters. The lowest BCUT2D eigenvalue weighted by atomic mass is 10.2. The standard InChI is InChI=1S/C11H9Cl2NS/c1-2-10-6-15-11(14-10)7-3-8(12)5-9(13)4-7/h3-6H,2H2,1H3. The van der Waals surface area contributed by atoms with Gasteiger partial charge < -0.3 is 0 Å². The van der Waals surface area contributed by atoms with E-state index in [1.165, 1.54) is 0 Å². The highest BCUT2D eigenvalue weighted by Crippen LogP contribution is 2.29. The van der Waals surface area contributed by atoms with E-state index in [0.29, 0.717) is 10.0 Å². The first-order valence-electron chi connectivity index (χ1n) is 4.60. The van der Waals surface area contributed by atoms with E-state index in [0.717, 1.165) is 22.7 Å². The van der Waals surface area contributed by atoms with Crippen LogP contribution in [0.25, 0.3) is 10.6 Å². The summed E-state index contributed by atoms with van der Waals surface area (Å²) in [5, 5.41) is 4.32.